The van der Waals surface area contributed by atoms with Crippen LogP contribution in [0.2, 0.25) is 0 Å². The molecule has 0 saturated heterocycles. The number of amides is 2. The fraction of sp³-hybridized carbons (Fsp3) is 0.556. The number of fused-ring (bicyclic) bond motifs is 1. The van der Waals surface area contributed by atoms with Crippen molar-refractivity contribution in [2.75, 3.05) is 26.5 Å². The third-order valence-corrected chi connectivity index (χ3v) is 4.22. The van der Waals surface area contributed by atoms with Crippen LogP contribution in [0.5, 0.6) is 11.5 Å². The van der Waals surface area contributed by atoms with E-state index in [9.17, 15) is 14.7 Å². The van der Waals surface area contributed by atoms with E-state index in [0.29, 0.717) is 18.7 Å². The molecule has 2 amide bonds. The zero-order chi connectivity index (χ0) is 19.2. The summed E-state index contributed by atoms with van der Waals surface area (Å²) in [5.74, 6) is 0.639. The first-order valence-electron chi connectivity index (χ1n) is 8.55. The van der Waals surface area contributed by atoms with E-state index in [1.54, 1.807) is 13.8 Å². The molecule has 1 aliphatic rings. The number of hydrogen-bond acceptors (Lipinski definition) is 6. The average molecular weight is 366 g/mol. The Bertz CT molecular complexity index is 647. The first-order valence-corrected chi connectivity index (χ1v) is 8.55. The second-order valence-electron chi connectivity index (χ2n) is 6.88. The number of ether oxygens (including phenoxy) is 2. The van der Waals surface area contributed by atoms with Crippen LogP contribution in [0.3, 0.4) is 0 Å². The van der Waals surface area contributed by atoms with E-state index in [4.69, 9.17) is 14.6 Å². The summed E-state index contributed by atoms with van der Waals surface area (Å²) in [5.41, 5.74) is 0.0916. The summed E-state index contributed by atoms with van der Waals surface area (Å²) >= 11 is 0. The van der Waals surface area contributed by atoms with Gasteiger partial charge in [-0.05, 0) is 24.1 Å². The highest BCUT2D eigenvalue weighted by Crippen LogP contribution is 2.32. The van der Waals surface area contributed by atoms with Crippen molar-refractivity contribution in [3.05, 3.63) is 23.8 Å². The predicted octanol–water partition coefficient (Wildman–Crippen LogP) is -0.0403. The van der Waals surface area contributed by atoms with E-state index in [1.807, 2.05) is 18.2 Å². The molecule has 0 aromatic heterocycles. The van der Waals surface area contributed by atoms with E-state index in [-0.39, 0.29) is 32.3 Å². The minimum atomic E-state index is -1.33. The molecule has 26 heavy (non-hydrogen) atoms. The minimum Gasteiger partial charge on any atom is -0.454 e. The lowest BCUT2D eigenvalue weighted by atomic mass is 9.87. The van der Waals surface area contributed by atoms with Crippen LogP contribution in [-0.4, -0.2) is 54.6 Å². The molecule has 0 radical (unpaired) electrons. The molecule has 0 unspecified atom stereocenters. The van der Waals surface area contributed by atoms with E-state index < -0.39 is 17.4 Å². The Morgan fingerprint density at radius 2 is 1.92 bits per heavy atom. The van der Waals surface area contributed by atoms with Gasteiger partial charge in [-0.1, -0.05) is 19.9 Å². The molecule has 1 heterocycles. The summed E-state index contributed by atoms with van der Waals surface area (Å²) in [4.78, 5) is 23.6. The lowest BCUT2D eigenvalue weighted by Crippen LogP contribution is -2.46. The molecule has 0 bridgehead atoms. The van der Waals surface area contributed by atoms with Crippen molar-refractivity contribution in [3.63, 3.8) is 0 Å². The van der Waals surface area contributed by atoms with Crippen LogP contribution in [0, 0.1) is 5.41 Å². The van der Waals surface area contributed by atoms with Crippen LogP contribution in [0.25, 0.3) is 0 Å². The van der Waals surface area contributed by atoms with Gasteiger partial charge in [-0.15, -0.1) is 0 Å². The molecule has 8 heteroatoms. The lowest BCUT2D eigenvalue weighted by Gasteiger charge is -2.27. The molecule has 1 atom stereocenters. The number of hydrogen-bond donors (Lipinski definition) is 4. The smallest absolute Gasteiger partial charge is 0.249 e. The molecular formula is C18H26N2O6. The molecule has 2 rings (SSSR count). The molecule has 1 aromatic carbocycles. The summed E-state index contributed by atoms with van der Waals surface area (Å²) in [6.07, 6.45) is -0.571. The highest BCUT2D eigenvalue weighted by molar-refractivity contribution is 5.82. The fourth-order valence-electron chi connectivity index (χ4n) is 2.37. The summed E-state index contributed by atoms with van der Waals surface area (Å²) in [6.45, 7) is 3.66. The van der Waals surface area contributed by atoms with Gasteiger partial charge in [-0.25, -0.2) is 0 Å². The second-order valence-corrected chi connectivity index (χ2v) is 6.88. The number of carbonyl (C=O) groups is 2. The van der Waals surface area contributed by atoms with Gasteiger partial charge in [0.2, 0.25) is 18.6 Å². The topological polar surface area (TPSA) is 117 Å². The van der Waals surface area contributed by atoms with Crippen LogP contribution in [0.1, 0.15) is 25.8 Å². The average Bonchev–Trinajstić information content (AvgIpc) is 3.08. The van der Waals surface area contributed by atoms with Gasteiger partial charge in [-0.2, -0.15) is 0 Å². The first-order chi connectivity index (χ1) is 12.3. The van der Waals surface area contributed by atoms with Gasteiger partial charge in [0.25, 0.3) is 0 Å². The molecule has 0 fully saturated rings. The van der Waals surface area contributed by atoms with Crippen LogP contribution < -0.4 is 20.1 Å². The summed E-state index contributed by atoms with van der Waals surface area (Å²) < 4.78 is 10.6. The normalized spacial score (nSPS) is 14.0. The van der Waals surface area contributed by atoms with Gasteiger partial charge in [0.05, 0.1) is 6.61 Å². The fourth-order valence-corrected chi connectivity index (χ4v) is 2.37. The van der Waals surface area contributed by atoms with Gasteiger partial charge >= 0.3 is 0 Å². The maximum atomic E-state index is 11.8. The number of benzene rings is 1. The summed E-state index contributed by atoms with van der Waals surface area (Å²) in [7, 11) is 0. The second kappa shape index (κ2) is 8.86. The van der Waals surface area contributed by atoms with Crippen molar-refractivity contribution in [1.29, 1.82) is 0 Å². The zero-order valence-corrected chi connectivity index (χ0v) is 15.1. The van der Waals surface area contributed by atoms with Gasteiger partial charge in [0.15, 0.2) is 11.5 Å². The number of nitrogens with one attached hydrogen (secondary N) is 2. The maximum Gasteiger partial charge on any atom is 0.249 e. The summed E-state index contributed by atoms with van der Waals surface area (Å²) in [5, 5.41) is 24.3. The van der Waals surface area contributed by atoms with Gasteiger partial charge in [0.1, 0.15) is 6.10 Å². The van der Waals surface area contributed by atoms with Crippen molar-refractivity contribution in [2.24, 2.45) is 5.41 Å². The molecule has 0 saturated carbocycles. The van der Waals surface area contributed by atoms with E-state index in [2.05, 4.69) is 10.6 Å². The number of aliphatic hydroxyl groups is 2. The van der Waals surface area contributed by atoms with Crippen LogP contribution in [-0.2, 0) is 16.0 Å². The molecule has 1 aromatic rings. The quantitative estimate of drug-likeness (QED) is 0.487. The molecule has 144 valence electrons. The SMILES string of the molecule is CC(C)(CO)[C@@H](O)C(=O)NCCC(=O)NCCc1ccc2c(c1)OCO2. The number of aliphatic hydroxyl groups excluding tert-OH is 2. The minimum absolute atomic E-state index is 0.110. The van der Waals surface area contributed by atoms with Crippen molar-refractivity contribution >= 4 is 11.8 Å². The molecule has 8 nitrogen and oxygen atoms in total. The maximum absolute atomic E-state index is 11.8. The van der Waals surface area contributed by atoms with Gasteiger partial charge < -0.3 is 30.3 Å². The molecule has 0 aliphatic carbocycles. The number of carbonyl (C=O) groups excluding carboxylic acids is 2. The predicted molar refractivity (Wildman–Crippen MR) is 93.8 cm³/mol. The zero-order valence-electron chi connectivity index (χ0n) is 15.1. The van der Waals surface area contributed by atoms with E-state index in [1.165, 1.54) is 0 Å². The Kier molecular flexibility index (Phi) is 6.82. The largest absolute Gasteiger partial charge is 0.454 e. The lowest BCUT2D eigenvalue weighted by molar-refractivity contribution is -0.137. The third kappa shape index (κ3) is 5.34. The highest BCUT2D eigenvalue weighted by atomic mass is 16.7. The molecule has 1 aliphatic heterocycles. The van der Waals surface area contributed by atoms with Gasteiger partial charge in [0, 0.05) is 24.9 Å². The van der Waals surface area contributed by atoms with Crippen LogP contribution in [0.15, 0.2) is 18.2 Å². The van der Waals surface area contributed by atoms with Gasteiger partial charge in [-0.3, -0.25) is 9.59 Å². The van der Waals surface area contributed by atoms with E-state index in [0.717, 1.165) is 11.3 Å². The highest BCUT2D eigenvalue weighted by Gasteiger charge is 2.32. The summed E-state index contributed by atoms with van der Waals surface area (Å²) in [6, 6.07) is 5.65. The first kappa shape index (κ1) is 20.0. The van der Waals surface area contributed by atoms with Crippen molar-refractivity contribution in [2.45, 2.75) is 32.8 Å². The Hall–Kier alpha value is -2.32. The third-order valence-electron chi connectivity index (χ3n) is 4.22. The van der Waals surface area contributed by atoms with Crippen molar-refractivity contribution < 1.29 is 29.3 Å². The molecule has 4 N–H and O–H groups in total. The monoisotopic (exact) mass is 366 g/mol. The Balaban J connectivity index is 1.64. The van der Waals surface area contributed by atoms with E-state index >= 15 is 0 Å². The molecule has 0 spiro atoms. The van der Waals surface area contributed by atoms with Crippen molar-refractivity contribution in [1.82, 2.24) is 10.6 Å². The van der Waals surface area contributed by atoms with Crippen LogP contribution in [0.4, 0.5) is 0 Å². The molecular weight excluding hydrogens is 340 g/mol. The van der Waals surface area contributed by atoms with Crippen LogP contribution >= 0.6 is 0 Å². The Morgan fingerprint density at radius 1 is 1.19 bits per heavy atom. The number of rotatable bonds is 9. The van der Waals surface area contributed by atoms with Crippen molar-refractivity contribution in [3.8, 4) is 11.5 Å². The Labute approximate surface area is 152 Å². The standard InChI is InChI=1S/C18H26N2O6/c1-18(2,10-21)16(23)17(24)20-8-6-15(22)19-7-5-12-3-4-13-14(9-12)26-11-25-13/h3-4,9,16,21,23H,5-8,10-11H2,1-2H3,(H,19,22)(H,20,24)/t16-/m0/s1. The Morgan fingerprint density at radius 3 is 2.65 bits per heavy atom.